The lowest BCUT2D eigenvalue weighted by Gasteiger charge is -2.08. The van der Waals surface area contributed by atoms with Crippen LogP contribution in [-0.4, -0.2) is 18.6 Å². The molecule has 0 bridgehead atoms. The second-order valence-electron chi connectivity index (χ2n) is 2.52. The maximum atomic E-state index is 5.93. The third-order valence-corrected chi connectivity index (χ3v) is 3.58. The maximum absolute atomic E-state index is 5.93. The Balaban J connectivity index is 2.61. The molecular weight excluding hydrogens is 270 g/mol. The molecule has 4 heteroatoms. The van der Waals surface area contributed by atoms with Gasteiger partial charge in [-0.25, -0.2) is 0 Å². The number of hydrogen-bond acceptors (Lipinski definition) is 2. The Morgan fingerprint density at radius 2 is 2.31 bits per heavy atom. The number of thioether (sulfide) groups is 1. The Morgan fingerprint density at radius 3 is 3.00 bits per heavy atom. The number of halogens is 2. The van der Waals surface area contributed by atoms with Gasteiger partial charge in [-0.2, -0.15) is 11.8 Å². The Labute approximate surface area is 96.4 Å². The third kappa shape index (κ3) is 3.41. The van der Waals surface area contributed by atoms with Gasteiger partial charge in [0.15, 0.2) is 0 Å². The van der Waals surface area contributed by atoms with Gasteiger partial charge in [0.1, 0.15) is 0 Å². The van der Waals surface area contributed by atoms with Crippen molar-refractivity contribution in [3.63, 3.8) is 0 Å². The van der Waals surface area contributed by atoms with Crippen LogP contribution in [0.3, 0.4) is 0 Å². The highest BCUT2D eigenvalue weighted by molar-refractivity contribution is 9.10. The second-order valence-corrected chi connectivity index (χ2v) is 4.71. The van der Waals surface area contributed by atoms with E-state index in [-0.39, 0.29) is 0 Å². The van der Waals surface area contributed by atoms with Gasteiger partial charge in [-0.05, 0) is 34.3 Å². The summed E-state index contributed by atoms with van der Waals surface area (Å²) in [6.45, 7) is 0.958. The minimum atomic E-state index is 0.745. The van der Waals surface area contributed by atoms with Crippen LogP contribution in [-0.2, 0) is 0 Å². The molecule has 0 spiro atoms. The van der Waals surface area contributed by atoms with Gasteiger partial charge in [-0.3, -0.25) is 0 Å². The normalized spacial score (nSPS) is 10.1. The van der Waals surface area contributed by atoms with Crippen molar-refractivity contribution in [2.24, 2.45) is 0 Å². The van der Waals surface area contributed by atoms with Gasteiger partial charge in [-0.15, -0.1) is 0 Å². The van der Waals surface area contributed by atoms with Crippen LogP contribution in [0.2, 0.25) is 5.02 Å². The molecule has 72 valence electrons. The van der Waals surface area contributed by atoms with E-state index in [9.17, 15) is 0 Å². The van der Waals surface area contributed by atoms with Crippen molar-refractivity contribution >= 4 is 45.0 Å². The van der Waals surface area contributed by atoms with E-state index in [1.165, 1.54) is 0 Å². The SMILES string of the molecule is CSCCNc1cccc(Cl)c1Br. The summed E-state index contributed by atoms with van der Waals surface area (Å²) in [5.41, 5.74) is 1.06. The predicted molar refractivity (Wildman–Crippen MR) is 66.0 cm³/mol. The fourth-order valence-corrected chi connectivity index (χ4v) is 1.81. The van der Waals surface area contributed by atoms with E-state index >= 15 is 0 Å². The molecule has 0 aliphatic heterocycles. The summed E-state index contributed by atoms with van der Waals surface area (Å²) >= 11 is 11.2. The van der Waals surface area contributed by atoms with Crippen molar-refractivity contribution in [1.29, 1.82) is 0 Å². The topological polar surface area (TPSA) is 12.0 Å². The average Bonchev–Trinajstić information content (AvgIpc) is 2.13. The Hall–Kier alpha value is 0.140. The molecule has 1 aromatic rings. The highest BCUT2D eigenvalue weighted by atomic mass is 79.9. The Morgan fingerprint density at radius 1 is 1.54 bits per heavy atom. The van der Waals surface area contributed by atoms with Crippen molar-refractivity contribution in [1.82, 2.24) is 0 Å². The summed E-state index contributed by atoms with van der Waals surface area (Å²) < 4.78 is 0.942. The molecule has 0 radical (unpaired) electrons. The molecule has 1 nitrogen and oxygen atoms in total. The summed E-state index contributed by atoms with van der Waals surface area (Å²) in [5, 5.41) is 4.05. The van der Waals surface area contributed by atoms with E-state index in [0.717, 1.165) is 27.5 Å². The molecule has 0 aromatic heterocycles. The van der Waals surface area contributed by atoms with Gasteiger partial charge in [0.2, 0.25) is 0 Å². The smallest absolute Gasteiger partial charge is 0.0593 e. The van der Waals surface area contributed by atoms with Crippen molar-refractivity contribution in [3.8, 4) is 0 Å². The van der Waals surface area contributed by atoms with Gasteiger partial charge >= 0.3 is 0 Å². The lowest BCUT2D eigenvalue weighted by Crippen LogP contribution is -2.04. The average molecular weight is 281 g/mol. The molecule has 1 N–H and O–H groups in total. The third-order valence-electron chi connectivity index (χ3n) is 1.57. The van der Waals surface area contributed by atoms with Crippen molar-refractivity contribution in [3.05, 3.63) is 27.7 Å². The van der Waals surface area contributed by atoms with Crippen LogP contribution in [0.15, 0.2) is 22.7 Å². The van der Waals surface area contributed by atoms with E-state index in [4.69, 9.17) is 11.6 Å². The second kappa shape index (κ2) is 5.78. The van der Waals surface area contributed by atoms with Gasteiger partial charge in [0.05, 0.1) is 9.50 Å². The zero-order valence-corrected chi connectivity index (χ0v) is 10.5. The summed E-state index contributed by atoms with van der Waals surface area (Å²) in [6.07, 6.45) is 2.09. The first-order valence-electron chi connectivity index (χ1n) is 3.92. The fraction of sp³-hybridized carbons (Fsp3) is 0.333. The molecule has 0 aliphatic carbocycles. The van der Waals surface area contributed by atoms with Crippen LogP contribution in [0.25, 0.3) is 0 Å². The van der Waals surface area contributed by atoms with Crippen LogP contribution in [0, 0.1) is 0 Å². The van der Waals surface area contributed by atoms with E-state index in [2.05, 4.69) is 27.5 Å². The standard InChI is InChI=1S/C9H11BrClNS/c1-13-6-5-12-8-4-2-3-7(11)9(8)10/h2-4,12H,5-6H2,1H3. The fourth-order valence-electron chi connectivity index (χ4n) is 0.928. The summed E-state index contributed by atoms with van der Waals surface area (Å²) in [6, 6.07) is 5.82. The van der Waals surface area contributed by atoms with Gasteiger partial charge < -0.3 is 5.32 Å². The molecule has 13 heavy (non-hydrogen) atoms. The molecule has 0 saturated heterocycles. The van der Waals surface area contributed by atoms with Crippen LogP contribution < -0.4 is 5.32 Å². The molecule has 1 rings (SSSR count). The molecule has 0 unspecified atom stereocenters. The van der Waals surface area contributed by atoms with Crippen LogP contribution >= 0.6 is 39.3 Å². The number of rotatable bonds is 4. The first-order chi connectivity index (χ1) is 6.25. The Kier molecular flexibility index (Phi) is 4.99. The van der Waals surface area contributed by atoms with Crippen molar-refractivity contribution < 1.29 is 0 Å². The van der Waals surface area contributed by atoms with Gasteiger partial charge in [0.25, 0.3) is 0 Å². The van der Waals surface area contributed by atoms with Crippen LogP contribution in [0.5, 0.6) is 0 Å². The number of hydrogen-bond donors (Lipinski definition) is 1. The maximum Gasteiger partial charge on any atom is 0.0593 e. The van der Waals surface area contributed by atoms with Crippen LogP contribution in [0.4, 0.5) is 5.69 Å². The lowest BCUT2D eigenvalue weighted by atomic mass is 10.3. The van der Waals surface area contributed by atoms with E-state index in [1.807, 2.05) is 30.0 Å². The number of anilines is 1. The zero-order chi connectivity index (χ0) is 9.68. The minimum Gasteiger partial charge on any atom is -0.383 e. The van der Waals surface area contributed by atoms with Gasteiger partial charge in [0, 0.05) is 18.0 Å². The van der Waals surface area contributed by atoms with Crippen molar-refractivity contribution in [2.45, 2.75) is 0 Å². The molecule has 0 atom stereocenters. The molecule has 0 fully saturated rings. The summed E-state index contributed by atoms with van der Waals surface area (Å²) in [7, 11) is 0. The molecule has 0 aliphatic rings. The highest BCUT2D eigenvalue weighted by Crippen LogP contribution is 2.29. The van der Waals surface area contributed by atoms with Crippen LogP contribution in [0.1, 0.15) is 0 Å². The lowest BCUT2D eigenvalue weighted by molar-refractivity contribution is 1.23. The van der Waals surface area contributed by atoms with E-state index in [1.54, 1.807) is 0 Å². The highest BCUT2D eigenvalue weighted by Gasteiger charge is 2.01. The quantitative estimate of drug-likeness (QED) is 0.840. The molecule has 0 saturated carbocycles. The number of benzene rings is 1. The van der Waals surface area contributed by atoms with Crippen molar-refractivity contribution in [2.75, 3.05) is 23.9 Å². The van der Waals surface area contributed by atoms with Gasteiger partial charge in [-0.1, -0.05) is 17.7 Å². The zero-order valence-electron chi connectivity index (χ0n) is 7.31. The predicted octanol–water partition coefficient (Wildman–Crippen LogP) is 3.88. The molecule has 0 heterocycles. The summed E-state index contributed by atoms with van der Waals surface area (Å²) in [5.74, 6) is 1.10. The molecule has 1 aromatic carbocycles. The van der Waals surface area contributed by atoms with E-state index in [0.29, 0.717) is 0 Å². The van der Waals surface area contributed by atoms with E-state index < -0.39 is 0 Å². The minimum absolute atomic E-state index is 0.745. The monoisotopic (exact) mass is 279 g/mol. The largest absolute Gasteiger partial charge is 0.383 e. The summed E-state index contributed by atoms with van der Waals surface area (Å²) in [4.78, 5) is 0. The molecule has 0 amide bonds. The first-order valence-corrected chi connectivity index (χ1v) is 6.49. The molecular formula is C9H11BrClNS. The number of nitrogens with one attached hydrogen (secondary N) is 1. The first kappa shape index (κ1) is 11.2. The Bertz CT molecular complexity index is 280.